The van der Waals surface area contributed by atoms with Gasteiger partial charge in [-0.15, -0.1) is 0 Å². The zero-order chi connectivity index (χ0) is 22.9. The van der Waals surface area contributed by atoms with E-state index in [4.69, 9.17) is 4.74 Å². The van der Waals surface area contributed by atoms with E-state index in [0.717, 1.165) is 36.1 Å². The lowest BCUT2D eigenvalue weighted by Crippen LogP contribution is -2.18. The van der Waals surface area contributed by atoms with Crippen LogP contribution < -0.4 is 15.4 Å². The lowest BCUT2D eigenvalue weighted by Gasteiger charge is -2.13. The Morgan fingerprint density at radius 1 is 0.812 bits per heavy atom. The Kier molecular flexibility index (Phi) is 8.03. The maximum Gasteiger partial charge on any atom is 0.257 e. The van der Waals surface area contributed by atoms with Crippen molar-refractivity contribution in [2.45, 2.75) is 40.0 Å². The Bertz CT molecular complexity index is 1070. The summed E-state index contributed by atoms with van der Waals surface area (Å²) in [5.74, 6) is 0.180. The van der Waals surface area contributed by atoms with Crippen LogP contribution in [-0.4, -0.2) is 18.4 Å². The molecular formula is C27H30N2O3. The molecule has 0 atom stereocenters. The maximum atomic E-state index is 12.9. The smallest absolute Gasteiger partial charge is 0.257 e. The predicted octanol–water partition coefficient (Wildman–Crippen LogP) is 6.38. The van der Waals surface area contributed by atoms with Crippen LogP contribution >= 0.6 is 0 Å². The van der Waals surface area contributed by atoms with Gasteiger partial charge in [-0.25, -0.2) is 0 Å². The fourth-order valence-corrected chi connectivity index (χ4v) is 3.25. The number of unbranched alkanes of at least 4 members (excludes halogenated alkanes) is 2. The van der Waals surface area contributed by atoms with Crippen LogP contribution in [0.5, 0.6) is 5.75 Å². The molecule has 0 saturated heterocycles. The Balaban J connectivity index is 1.66. The van der Waals surface area contributed by atoms with Crippen molar-refractivity contribution in [3.63, 3.8) is 0 Å². The van der Waals surface area contributed by atoms with Gasteiger partial charge in [0.05, 0.1) is 17.9 Å². The molecule has 166 valence electrons. The van der Waals surface area contributed by atoms with Crippen molar-refractivity contribution in [2.75, 3.05) is 17.2 Å². The molecule has 3 aromatic rings. The molecule has 0 aliphatic rings. The third-order valence-corrected chi connectivity index (χ3v) is 5.32. The Hall–Kier alpha value is -3.60. The van der Waals surface area contributed by atoms with Crippen molar-refractivity contribution >= 4 is 23.2 Å². The molecule has 3 aromatic carbocycles. The van der Waals surface area contributed by atoms with Crippen molar-refractivity contribution in [3.05, 3.63) is 89.0 Å². The van der Waals surface area contributed by atoms with Gasteiger partial charge >= 0.3 is 0 Å². The molecule has 0 bridgehead atoms. The lowest BCUT2D eigenvalue weighted by atomic mass is 10.1. The molecule has 0 radical (unpaired) electrons. The zero-order valence-electron chi connectivity index (χ0n) is 18.9. The summed E-state index contributed by atoms with van der Waals surface area (Å²) in [6.45, 7) is 6.85. The summed E-state index contributed by atoms with van der Waals surface area (Å²) in [6.07, 6.45) is 3.30. The molecular weight excluding hydrogens is 400 g/mol. The number of nitrogens with one attached hydrogen (secondary N) is 2. The van der Waals surface area contributed by atoms with Crippen LogP contribution in [0, 0.1) is 13.8 Å². The van der Waals surface area contributed by atoms with E-state index in [9.17, 15) is 9.59 Å². The van der Waals surface area contributed by atoms with Gasteiger partial charge in [-0.2, -0.15) is 0 Å². The fourth-order valence-electron chi connectivity index (χ4n) is 3.25. The first kappa shape index (κ1) is 23.1. The second kappa shape index (κ2) is 11.1. The topological polar surface area (TPSA) is 67.4 Å². The van der Waals surface area contributed by atoms with E-state index >= 15 is 0 Å². The second-order valence-electron chi connectivity index (χ2n) is 7.83. The molecule has 32 heavy (non-hydrogen) atoms. The van der Waals surface area contributed by atoms with Gasteiger partial charge in [-0.3, -0.25) is 9.59 Å². The highest BCUT2D eigenvalue weighted by Gasteiger charge is 2.15. The first-order chi connectivity index (χ1) is 15.5. The number of aryl methyl sites for hydroxylation is 2. The Morgan fingerprint density at radius 3 is 2.28 bits per heavy atom. The zero-order valence-corrected chi connectivity index (χ0v) is 18.9. The number of anilines is 2. The number of hydrogen-bond acceptors (Lipinski definition) is 3. The van der Waals surface area contributed by atoms with Crippen LogP contribution in [0.3, 0.4) is 0 Å². The normalized spacial score (nSPS) is 10.5. The summed E-state index contributed by atoms with van der Waals surface area (Å²) in [7, 11) is 0. The minimum atomic E-state index is -0.283. The number of para-hydroxylation sites is 1. The summed E-state index contributed by atoms with van der Waals surface area (Å²) in [5, 5.41) is 5.76. The van der Waals surface area contributed by atoms with Gasteiger partial charge in [-0.05, 0) is 79.9 Å². The summed E-state index contributed by atoms with van der Waals surface area (Å²) >= 11 is 0. The number of hydrogen-bond donors (Lipinski definition) is 2. The van der Waals surface area contributed by atoms with E-state index in [1.807, 2.05) is 32.0 Å². The van der Waals surface area contributed by atoms with Gasteiger partial charge in [0.2, 0.25) is 0 Å². The molecule has 0 aliphatic carbocycles. The van der Waals surface area contributed by atoms with Crippen LogP contribution in [0.2, 0.25) is 0 Å². The molecule has 2 amide bonds. The minimum Gasteiger partial charge on any atom is -0.494 e. The largest absolute Gasteiger partial charge is 0.494 e. The van der Waals surface area contributed by atoms with E-state index in [1.54, 1.807) is 48.5 Å². The van der Waals surface area contributed by atoms with Gasteiger partial charge < -0.3 is 15.4 Å². The number of rotatable bonds is 9. The van der Waals surface area contributed by atoms with Crippen LogP contribution in [0.4, 0.5) is 11.4 Å². The number of amides is 2. The third-order valence-electron chi connectivity index (χ3n) is 5.32. The minimum absolute atomic E-state index is 0.278. The van der Waals surface area contributed by atoms with Gasteiger partial charge in [0.15, 0.2) is 0 Å². The first-order valence-electron chi connectivity index (χ1n) is 11.0. The molecule has 5 nitrogen and oxygen atoms in total. The second-order valence-corrected chi connectivity index (χ2v) is 7.83. The van der Waals surface area contributed by atoms with Crippen molar-refractivity contribution in [1.82, 2.24) is 0 Å². The van der Waals surface area contributed by atoms with Crippen molar-refractivity contribution in [3.8, 4) is 5.75 Å². The predicted molar refractivity (Wildman–Crippen MR) is 130 cm³/mol. The first-order valence-corrected chi connectivity index (χ1v) is 11.0. The Labute approximate surface area is 189 Å². The van der Waals surface area contributed by atoms with Gasteiger partial charge in [0.1, 0.15) is 5.75 Å². The monoisotopic (exact) mass is 430 g/mol. The van der Waals surface area contributed by atoms with Crippen LogP contribution in [0.25, 0.3) is 0 Å². The molecule has 0 fully saturated rings. The maximum absolute atomic E-state index is 12.9. The summed E-state index contributed by atoms with van der Waals surface area (Å²) in [5.41, 5.74) is 4.33. The van der Waals surface area contributed by atoms with E-state index in [1.165, 1.54) is 0 Å². The van der Waals surface area contributed by atoms with Crippen molar-refractivity contribution in [2.24, 2.45) is 0 Å². The van der Waals surface area contributed by atoms with Crippen LogP contribution in [0.1, 0.15) is 58.0 Å². The number of carbonyl (C=O) groups is 2. The fraction of sp³-hybridized carbons (Fsp3) is 0.259. The molecule has 0 saturated carbocycles. The van der Waals surface area contributed by atoms with Crippen LogP contribution in [-0.2, 0) is 0 Å². The summed E-state index contributed by atoms with van der Waals surface area (Å²) in [4.78, 5) is 25.6. The molecule has 0 heterocycles. The molecule has 0 unspecified atom stereocenters. The van der Waals surface area contributed by atoms with Gasteiger partial charge in [0, 0.05) is 11.3 Å². The van der Waals surface area contributed by atoms with Crippen molar-refractivity contribution < 1.29 is 14.3 Å². The highest BCUT2D eigenvalue weighted by Crippen LogP contribution is 2.21. The number of carbonyl (C=O) groups excluding carboxylic acids is 2. The van der Waals surface area contributed by atoms with E-state index in [0.29, 0.717) is 29.1 Å². The highest BCUT2D eigenvalue weighted by atomic mass is 16.5. The van der Waals surface area contributed by atoms with E-state index < -0.39 is 0 Å². The van der Waals surface area contributed by atoms with Gasteiger partial charge in [0.25, 0.3) is 11.8 Å². The van der Waals surface area contributed by atoms with Crippen LogP contribution in [0.15, 0.2) is 66.7 Å². The quantitative estimate of drug-likeness (QED) is 0.387. The lowest BCUT2D eigenvalue weighted by molar-refractivity contribution is 0.102. The third kappa shape index (κ3) is 6.20. The Morgan fingerprint density at radius 2 is 1.56 bits per heavy atom. The SMILES string of the molecule is CCCCCOc1ccc(C(=O)Nc2ccccc2C(=O)Nc2ccc(C)c(C)c2)cc1. The average Bonchev–Trinajstić information content (AvgIpc) is 2.80. The highest BCUT2D eigenvalue weighted by molar-refractivity contribution is 6.12. The average molecular weight is 431 g/mol. The molecule has 5 heteroatoms. The molecule has 2 N–H and O–H groups in total. The standard InChI is InChI=1S/C27H30N2O3/c1-4-5-8-17-32-23-15-12-21(13-16-23)26(30)29-25-10-7-6-9-24(25)27(31)28-22-14-11-19(2)20(3)18-22/h6-7,9-16,18H,4-5,8,17H2,1-3H3,(H,28,31)(H,29,30). The molecule has 0 aromatic heterocycles. The number of ether oxygens (including phenoxy) is 1. The number of benzene rings is 3. The molecule has 0 aliphatic heterocycles. The van der Waals surface area contributed by atoms with Gasteiger partial charge in [-0.1, -0.05) is 38.0 Å². The van der Waals surface area contributed by atoms with Crippen molar-refractivity contribution in [1.29, 1.82) is 0 Å². The van der Waals surface area contributed by atoms with E-state index in [-0.39, 0.29) is 11.8 Å². The molecule has 3 rings (SSSR count). The summed E-state index contributed by atoms with van der Waals surface area (Å²) in [6, 6.07) is 19.8. The van der Waals surface area contributed by atoms with E-state index in [2.05, 4.69) is 17.6 Å². The molecule has 0 spiro atoms. The summed E-state index contributed by atoms with van der Waals surface area (Å²) < 4.78 is 5.70.